The van der Waals surface area contributed by atoms with Gasteiger partial charge in [-0.05, 0) is 72.5 Å². The molecule has 0 aliphatic heterocycles. The minimum atomic E-state index is -0.0594. The van der Waals surface area contributed by atoms with Crippen LogP contribution in [0.15, 0.2) is 0 Å². The van der Waals surface area contributed by atoms with E-state index >= 15 is 0 Å². The highest BCUT2D eigenvalue weighted by Gasteiger charge is 2.09. The van der Waals surface area contributed by atoms with Gasteiger partial charge in [0.1, 0.15) is 0 Å². The highest BCUT2D eigenvalue weighted by molar-refractivity contribution is 5.69. The number of carbonyl (C=O) groups excluding carboxylic acids is 2. The number of rotatable bonds is 39. The number of hydrogen-bond donors (Lipinski definition) is 0. The van der Waals surface area contributed by atoms with Crippen LogP contribution in [-0.2, 0) is 19.1 Å². The monoisotopic (exact) mass is 696 g/mol. The molecule has 0 aliphatic carbocycles. The van der Waals surface area contributed by atoms with Crippen LogP contribution in [0.25, 0.3) is 0 Å². The lowest BCUT2D eigenvalue weighted by atomic mass is 10.1. The van der Waals surface area contributed by atoms with E-state index in [1.807, 2.05) is 0 Å². The predicted molar refractivity (Wildman–Crippen MR) is 210 cm³/mol. The average Bonchev–Trinajstić information content (AvgIpc) is 3.10. The smallest absolute Gasteiger partial charge is 0.307 e. The van der Waals surface area contributed by atoms with Crippen molar-refractivity contribution in [1.29, 1.82) is 0 Å². The van der Waals surface area contributed by atoms with Crippen LogP contribution in [0.5, 0.6) is 0 Å². The number of esters is 2. The van der Waals surface area contributed by atoms with Gasteiger partial charge >= 0.3 is 11.9 Å². The van der Waals surface area contributed by atoms with Gasteiger partial charge in [-0.3, -0.25) is 9.59 Å². The van der Waals surface area contributed by atoms with Crippen LogP contribution in [-0.4, -0.2) is 99.8 Å². The lowest BCUT2D eigenvalue weighted by molar-refractivity contribution is -0.145. The fraction of sp³-hybridized carbons (Fsp3) is 0.952. The number of unbranched alkanes of at least 4 members (excludes halogenated alkanes) is 20. The molecule has 0 amide bonds. The number of hydrogen-bond acceptors (Lipinski definition) is 7. The molecule has 7 heteroatoms. The van der Waals surface area contributed by atoms with Gasteiger partial charge in [-0.25, -0.2) is 0 Å². The van der Waals surface area contributed by atoms with Crippen LogP contribution in [0.4, 0.5) is 0 Å². The van der Waals surface area contributed by atoms with E-state index in [4.69, 9.17) is 9.47 Å². The van der Waals surface area contributed by atoms with Gasteiger partial charge in [0.25, 0.3) is 0 Å². The molecular formula is C42H85N3O4. The fourth-order valence-corrected chi connectivity index (χ4v) is 6.39. The van der Waals surface area contributed by atoms with Crippen LogP contribution in [0.1, 0.15) is 188 Å². The third-order valence-corrected chi connectivity index (χ3v) is 9.89. The van der Waals surface area contributed by atoms with Crippen LogP contribution < -0.4 is 0 Å². The van der Waals surface area contributed by atoms with Crippen molar-refractivity contribution >= 4 is 11.9 Å². The molecule has 0 heterocycles. The van der Waals surface area contributed by atoms with Gasteiger partial charge in [-0.15, -0.1) is 0 Å². The Morgan fingerprint density at radius 1 is 0.388 bits per heavy atom. The molecule has 0 bridgehead atoms. The summed E-state index contributed by atoms with van der Waals surface area (Å²) in [4.78, 5) is 31.3. The van der Waals surface area contributed by atoms with Gasteiger partial charge < -0.3 is 24.2 Å². The second-order valence-electron chi connectivity index (χ2n) is 14.8. The van der Waals surface area contributed by atoms with Crippen LogP contribution >= 0.6 is 0 Å². The summed E-state index contributed by atoms with van der Waals surface area (Å²) in [6.45, 7) is 14.6. The minimum absolute atomic E-state index is 0.0594. The summed E-state index contributed by atoms with van der Waals surface area (Å²) in [6, 6.07) is 0. The van der Waals surface area contributed by atoms with E-state index in [-0.39, 0.29) is 11.9 Å². The van der Waals surface area contributed by atoms with Gasteiger partial charge in [0.2, 0.25) is 0 Å². The zero-order valence-electron chi connectivity index (χ0n) is 33.7. The van der Waals surface area contributed by atoms with Gasteiger partial charge in [0.05, 0.1) is 26.1 Å². The molecule has 7 nitrogen and oxygen atoms in total. The largest absolute Gasteiger partial charge is 0.466 e. The van der Waals surface area contributed by atoms with Crippen molar-refractivity contribution in [3.8, 4) is 0 Å². The normalized spacial score (nSPS) is 11.7. The predicted octanol–water partition coefficient (Wildman–Crippen LogP) is 10.4. The average molecular weight is 696 g/mol. The summed E-state index contributed by atoms with van der Waals surface area (Å²) in [7, 11) is 4.21. The summed E-state index contributed by atoms with van der Waals surface area (Å²) < 4.78 is 11.0. The SMILES string of the molecule is CCCCCCCCCCCCCOC(=O)CCN(C)CCCN(CC)CCCN(C)CCC(=O)OCCCCCCCCCCCCC. The van der Waals surface area contributed by atoms with Gasteiger partial charge in [-0.2, -0.15) is 0 Å². The number of carbonyl (C=O) groups is 2. The highest BCUT2D eigenvalue weighted by atomic mass is 16.5. The first-order chi connectivity index (χ1) is 23.9. The molecule has 0 rings (SSSR count). The Labute approximate surface area is 306 Å². The molecule has 0 aromatic rings. The van der Waals surface area contributed by atoms with E-state index in [0.29, 0.717) is 26.1 Å². The van der Waals surface area contributed by atoms with Crippen molar-refractivity contribution in [1.82, 2.24) is 14.7 Å². The summed E-state index contributed by atoms with van der Waals surface area (Å²) in [5.41, 5.74) is 0. The Morgan fingerprint density at radius 2 is 0.694 bits per heavy atom. The lowest BCUT2D eigenvalue weighted by Crippen LogP contribution is -2.32. The Kier molecular flexibility index (Phi) is 37.1. The van der Waals surface area contributed by atoms with E-state index in [1.165, 1.54) is 128 Å². The molecule has 0 aromatic heterocycles. The minimum Gasteiger partial charge on any atom is -0.466 e. The zero-order valence-corrected chi connectivity index (χ0v) is 33.7. The van der Waals surface area contributed by atoms with Gasteiger partial charge in [-0.1, -0.05) is 149 Å². The summed E-state index contributed by atoms with van der Waals surface area (Å²) in [5, 5.41) is 0. The zero-order chi connectivity index (χ0) is 36.0. The molecule has 0 aliphatic rings. The third kappa shape index (κ3) is 36.4. The van der Waals surface area contributed by atoms with E-state index in [9.17, 15) is 9.59 Å². The first-order valence-electron chi connectivity index (χ1n) is 21.3. The fourth-order valence-electron chi connectivity index (χ4n) is 6.39. The van der Waals surface area contributed by atoms with E-state index < -0.39 is 0 Å². The third-order valence-electron chi connectivity index (χ3n) is 9.89. The molecule has 0 atom stereocenters. The van der Waals surface area contributed by atoms with Crippen LogP contribution in [0.2, 0.25) is 0 Å². The molecule has 0 saturated carbocycles. The lowest BCUT2D eigenvalue weighted by Gasteiger charge is -2.24. The maximum Gasteiger partial charge on any atom is 0.307 e. The number of nitrogens with zero attached hydrogens (tertiary/aromatic N) is 3. The van der Waals surface area contributed by atoms with Crippen molar-refractivity contribution in [2.75, 3.05) is 73.1 Å². The molecule has 0 saturated heterocycles. The van der Waals surface area contributed by atoms with E-state index in [0.717, 1.165) is 71.5 Å². The summed E-state index contributed by atoms with van der Waals surface area (Å²) >= 11 is 0. The van der Waals surface area contributed by atoms with E-state index in [2.05, 4.69) is 49.6 Å². The van der Waals surface area contributed by atoms with Gasteiger partial charge in [0.15, 0.2) is 0 Å². The second-order valence-corrected chi connectivity index (χ2v) is 14.8. The Hall–Kier alpha value is -1.18. The highest BCUT2D eigenvalue weighted by Crippen LogP contribution is 2.13. The number of ether oxygens (including phenoxy) is 2. The molecule has 0 aromatic carbocycles. The molecule has 0 spiro atoms. The van der Waals surface area contributed by atoms with Crippen molar-refractivity contribution in [2.24, 2.45) is 0 Å². The van der Waals surface area contributed by atoms with Crippen LogP contribution in [0, 0.1) is 0 Å². The second kappa shape index (κ2) is 38.1. The molecule has 0 fully saturated rings. The summed E-state index contributed by atoms with van der Waals surface area (Å²) in [5.74, 6) is -0.119. The first kappa shape index (κ1) is 47.8. The molecular weight excluding hydrogens is 610 g/mol. The Balaban J connectivity index is 3.65. The molecule has 49 heavy (non-hydrogen) atoms. The Bertz CT molecular complexity index is 651. The maximum atomic E-state index is 12.2. The maximum absolute atomic E-state index is 12.2. The standard InChI is InChI=1S/C42H85N3O4/c1-6-9-11-13-15-17-19-21-23-25-27-39-48-41(46)31-37-43(4)33-29-35-45(8-3)36-30-34-44(5)38-32-42(47)49-40-28-26-24-22-20-18-16-14-12-10-7-2/h6-40H2,1-5H3. The Morgan fingerprint density at radius 3 is 1.00 bits per heavy atom. The summed E-state index contributed by atoms with van der Waals surface area (Å²) in [6.07, 6.45) is 31.9. The first-order valence-corrected chi connectivity index (χ1v) is 21.3. The van der Waals surface area contributed by atoms with Gasteiger partial charge in [0, 0.05) is 13.1 Å². The molecule has 0 N–H and O–H groups in total. The van der Waals surface area contributed by atoms with Crippen molar-refractivity contribution < 1.29 is 19.1 Å². The van der Waals surface area contributed by atoms with Crippen molar-refractivity contribution in [2.45, 2.75) is 188 Å². The van der Waals surface area contributed by atoms with Crippen molar-refractivity contribution in [3.63, 3.8) is 0 Å². The van der Waals surface area contributed by atoms with E-state index in [1.54, 1.807) is 0 Å². The quantitative estimate of drug-likeness (QED) is 0.0468. The molecule has 0 radical (unpaired) electrons. The molecule has 292 valence electrons. The van der Waals surface area contributed by atoms with Crippen molar-refractivity contribution in [3.05, 3.63) is 0 Å². The van der Waals surface area contributed by atoms with Crippen LogP contribution in [0.3, 0.4) is 0 Å². The topological polar surface area (TPSA) is 62.3 Å². The molecule has 0 unspecified atom stereocenters.